The number of carbonyl (C=O) groups is 4. The lowest BCUT2D eigenvalue weighted by molar-refractivity contribution is -0.132. The van der Waals surface area contributed by atoms with Crippen molar-refractivity contribution in [2.45, 2.75) is 71.1 Å². The zero-order valence-electron chi connectivity index (χ0n) is 24.5. The van der Waals surface area contributed by atoms with E-state index in [4.69, 9.17) is 9.47 Å². The Morgan fingerprint density at radius 1 is 1.14 bits per heavy atom. The molecule has 0 saturated carbocycles. The highest BCUT2D eigenvalue weighted by Gasteiger charge is 2.34. The van der Waals surface area contributed by atoms with Gasteiger partial charge in [0, 0.05) is 30.9 Å². The molecule has 2 aromatic rings. The number of amides is 3. The first-order valence-electron chi connectivity index (χ1n) is 13.8. The molecule has 1 aromatic carbocycles. The monoisotopic (exact) mass is 627 g/mol. The Labute approximate surface area is 249 Å². The molecular formula is C28H33F4N5O7. The first-order chi connectivity index (χ1) is 20.6. The molecule has 0 bridgehead atoms. The highest BCUT2D eigenvalue weighted by Crippen LogP contribution is 2.27. The Morgan fingerprint density at radius 3 is 2.36 bits per heavy atom. The largest absolute Gasteiger partial charge is 0.479 e. The van der Waals surface area contributed by atoms with Gasteiger partial charge in [0.15, 0.2) is 23.2 Å². The molecule has 0 radical (unpaired) electrons. The third kappa shape index (κ3) is 8.54. The second kappa shape index (κ2) is 14.3. The highest BCUT2D eigenvalue weighted by molar-refractivity contribution is 5.92. The van der Waals surface area contributed by atoms with Gasteiger partial charge in [0.2, 0.25) is 29.3 Å². The van der Waals surface area contributed by atoms with Gasteiger partial charge in [0.05, 0.1) is 6.04 Å². The van der Waals surface area contributed by atoms with Crippen LogP contribution in [0, 0.1) is 29.2 Å². The number of nitrogens with one attached hydrogen (secondary N) is 3. The predicted molar refractivity (Wildman–Crippen MR) is 147 cm³/mol. The maximum Gasteiger partial charge on any atom is 0.413 e. The van der Waals surface area contributed by atoms with Crippen LogP contribution in [0.1, 0.15) is 59.4 Å². The van der Waals surface area contributed by atoms with Gasteiger partial charge in [-0.1, -0.05) is 13.3 Å². The maximum atomic E-state index is 14.1. The summed E-state index contributed by atoms with van der Waals surface area (Å²) < 4.78 is 66.3. The Morgan fingerprint density at radius 2 is 1.80 bits per heavy atom. The van der Waals surface area contributed by atoms with Crippen molar-refractivity contribution in [3.8, 4) is 5.75 Å². The summed E-state index contributed by atoms with van der Waals surface area (Å²) in [6, 6.07) is -2.71. The Kier molecular flexibility index (Phi) is 11.1. The van der Waals surface area contributed by atoms with E-state index in [0.717, 1.165) is 4.57 Å². The topological polar surface area (TPSA) is 158 Å². The minimum Gasteiger partial charge on any atom is -0.479 e. The van der Waals surface area contributed by atoms with Crippen LogP contribution < -0.4 is 26.2 Å². The number of rotatable bonds is 12. The van der Waals surface area contributed by atoms with Gasteiger partial charge in [-0.2, -0.15) is 8.78 Å². The molecule has 1 saturated heterocycles. The summed E-state index contributed by atoms with van der Waals surface area (Å²) in [7, 11) is 0. The number of ether oxygens (including phenoxy) is 2. The lowest BCUT2D eigenvalue weighted by Crippen LogP contribution is -2.48. The van der Waals surface area contributed by atoms with Crippen molar-refractivity contribution in [2.75, 3.05) is 18.5 Å². The van der Waals surface area contributed by atoms with E-state index in [1.807, 2.05) is 0 Å². The number of anilines is 1. The van der Waals surface area contributed by atoms with Crippen LogP contribution in [0.5, 0.6) is 5.75 Å². The maximum absolute atomic E-state index is 14.1. The number of carbonyl (C=O) groups excluding carboxylic acids is 4. The van der Waals surface area contributed by atoms with Crippen LogP contribution in [0.3, 0.4) is 0 Å². The summed E-state index contributed by atoms with van der Waals surface area (Å²) in [6.45, 7) is 5.78. The van der Waals surface area contributed by atoms with Crippen LogP contribution in [0.15, 0.2) is 23.3 Å². The molecule has 3 atom stereocenters. The van der Waals surface area contributed by atoms with Crippen molar-refractivity contribution in [3.05, 3.63) is 52.1 Å². The summed E-state index contributed by atoms with van der Waals surface area (Å²) in [5.74, 6) is -12.0. The Hall–Kier alpha value is -4.50. The molecule has 3 unspecified atom stereocenters. The fraction of sp³-hybridized carbons (Fsp3) is 0.500. The first kappa shape index (κ1) is 34.0. The van der Waals surface area contributed by atoms with Gasteiger partial charge in [-0.15, -0.1) is 0 Å². The summed E-state index contributed by atoms with van der Waals surface area (Å²) >= 11 is 0. The summed E-state index contributed by atoms with van der Waals surface area (Å²) in [5.41, 5.74) is -1.72. The zero-order chi connectivity index (χ0) is 32.8. The highest BCUT2D eigenvalue weighted by atomic mass is 19.2. The molecule has 3 N–H and O–H groups in total. The van der Waals surface area contributed by atoms with Crippen LogP contribution in [0.25, 0.3) is 0 Å². The summed E-state index contributed by atoms with van der Waals surface area (Å²) in [6.07, 6.45) is 1.97. The quantitative estimate of drug-likeness (QED) is 0.239. The van der Waals surface area contributed by atoms with Crippen LogP contribution in [0.4, 0.5) is 28.2 Å². The average molecular weight is 628 g/mol. The third-order valence-electron chi connectivity index (χ3n) is 6.51. The lowest BCUT2D eigenvalue weighted by Gasteiger charge is -2.25. The van der Waals surface area contributed by atoms with Crippen LogP contribution in [0.2, 0.25) is 0 Å². The number of nitrogens with zero attached hydrogens (tertiary/aromatic N) is 2. The van der Waals surface area contributed by atoms with Crippen molar-refractivity contribution in [1.29, 1.82) is 0 Å². The molecule has 1 aliphatic rings. The molecule has 44 heavy (non-hydrogen) atoms. The molecule has 240 valence electrons. The third-order valence-corrected chi connectivity index (χ3v) is 6.51. The molecule has 3 rings (SSSR count). The number of halogens is 4. The van der Waals surface area contributed by atoms with Crippen molar-refractivity contribution >= 4 is 29.5 Å². The summed E-state index contributed by atoms with van der Waals surface area (Å²) in [4.78, 5) is 68.2. The number of aromatic nitrogens is 2. The number of hydrogen-bond acceptors (Lipinski definition) is 8. The van der Waals surface area contributed by atoms with Gasteiger partial charge in [0.25, 0.3) is 5.56 Å². The van der Waals surface area contributed by atoms with Crippen molar-refractivity contribution in [1.82, 2.24) is 20.2 Å². The first-order valence-corrected chi connectivity index (χ1v) is 13.8. The van der Waals surface area contributed by atoms with Gasteiger partial charge in [-0.05, 0) is 40.0 Å². The fourth-order valence-electron chi connectivity index (χ4n) is 4.44. The average Bonchev–Trinajstić information content (AvgIpc) is 3.34. The molecular weight excluding hydrogens is 594 g/mol. The minimum absolute atomic E-state index is 0.0234. The van der Waals surface area contributed by atoms with E-state index in [9.17, 15) is 41.5 Å². The fourth-order valence-corrected chi connectivity index (χ4v) is 4.44. The smallest absolute Gasteiger partial charge is 0.413 e. The predicted octanol–water partition coefficient (Wildman–Crippen LogP) is 3.15. The van der Waals surface area contributed by atoms with Gasteiger partial charge in [0.1, 0.15) is 18.2 Å². The minimum atomic E-state index is -1.86. The molecule has 16 heteroatoms. The van der Waals surface area contributed by atoms with E-state index in [2.05, 4.69) is 20.9 Å². The van der Waals surface area contributed by atoms with E-state index in [-0.39, 0.29) is 18.9 Å². The number of hydrogen-bond donors (Lipinski definition) is 3. The lowest BCUT2D eigenvalue weighted by atomic mass is 9.95. The molecule has 1 aliphatic heterocycles. The zero-order valence-corrected chi connectivity index (χ0v) is 24.5. The van der Waals surface area contributed by atoms with Crippen molar-refractivity contribution in [3.63, 3.8) is 0 Å². The number of ketones is 1. The van der Waals surface area contributed by atoms with E-state index in [1.165, 1.54) is 12.4 Å². The van der Waals surface area contributed by atoms with Crippen LogP contribution in [-0.4, -0.2) is 58.0 Å². The second-order valence-corrected chi connectivity index (χ2v) is 11.0. The van der Waals surface area contributed by atoms with Gasteiger partial charge in [-0.3, -0.25) is 29.1 Å². The number of benzene rings is 1. The number of Topliss-reactive ketones (excluding diaryl/α,β-unsaturated/α-hetero) is 1. The van der Waals surface area contributed by atoms with E-state index < -0.39 is 94.3 Å². The summed E-state index contributed by atoms with van der Waals surface area (Å²) in [5, 5.41) is 7.31. The van der Waals surface area contributed by atoms with Crippen molar-refractivity contribution in [2.24, 2.45) is 5.92 Å². The molecule has 1 aromatic heterocycles. The van der Waals surface area contributed by atoms with Gasteiger partial charge in [-0.25, -0.2) is 18.6 Å². The van der Waals surface area contributed by atoms with Crippen LogP contribution in [-0.2, 0) is 19.1 Å². The second-order valence-electron chi connectivity index (χ2n) is 11.0. The normalized spacial score (nSPS) is 16.1. The van der Waals surface area contributed by atoms with Crippen LogP contribution >= 0.6 is 0 Å². The van der Waals surface area contributed by atoms with Crippen molar-refractivity contribution < 1.29 is 46.2 Å². The molecule has 3 amide bonds. The Bertz CT molecular complexity index is 1450. The molecule has 12 nitrogen and oxygen atoms in total. The van der Waals surface area contributed by atoms with E-state index in [0.29, 0.717) is 19.4 Å². The molecule has 2 heterocycles. The Balaban J connectivity index is 1.86. The van der Waals surface area contributed by atoms with E-state index >= 15 is 0 Å². The van der Waals surface area contributed by atoms with Gasteiger partial charge >= 0.3 is 6.09 Å². The van der Waals surface area contributed by atoms with E-state index in [1.54, 1.807) is 27.7 Å². The molecule has 0 spiro atoms. The standard InChI is InChI=1S/C28H33F4N5O7/c1-5-6-18(37-10-9-33-23(26(37)41)36-27(42)44-28(2,3)4)25(40)35-17(11-14-7-8-34-24(14)39)19(38)13-43-22-20(31)15(29)12-16(30)21(22)32/h9-10,12,14,17-18H,5-8,11,13H2,1-4H3,(H,34,39)(H,35,40)(H,33,36,42). The SMILES string of the molecule is CCCC(C(=O)NC(CC1CCNC1=O)C(=O)COc1c(F)c(F)cc(F)c1F)n1ccnc(NC(=O)OC(C)(C)C)c1=O. The molecule has 0 aliphatic carbocycles. The van der Waals surface area contributed by atoms with Gasteiger partial charge < -0.3 is 20.1 Å². The molecule has 1 fully saturated rings.